The van der Waals surface area contributed by atoms with E-state index in [2.05, 4.69) is 21.5 Å². The summed E-state index contributed by atoms with van der Waals surface area (Å²) in [5, 5.41) is 3.23. The molecule has 24 heavy (non-hydrogen) atoms. The second-order valence-electron chi connectivity index (χ2n) is 5.67. The Kier molecular flexibility index (Phi) is 6.62. The number of hydrogen-bond donors (Lipinski definition) is 1. The van der Waals surface area contributed by atoms with E-state index in [9.17, 15) is 17.6 Å². The molecule has 0 saturated carbocycles. The van der Waals surface area contributed by atoms with Gasteiger partial charge in [-0.3, -0.25) is 4.90 Å². The topological polar surface area (TPSA) is 24.5 Å². The molecule has 1 atom stereocenters. The standard InChI is InChI=1S/C17H22F4N2O/c1-2-3-7-14(23-11-9-22-10-12-23)13-6-4-5-8-15(13)24-17(20,21)16(18)19/h2,4-6,8,14,16,22H,1,3,7,9-12H2/t14-/m0/s1. The number of ether oxygens (including phenoxy) is 1. The average Bonchev–Trinajstić information content (AvgIpc) is 2.57. The first-order valence-electron chi connectivity index (χ1n) is 7.95. The molecule has 0 spiro atoms. The van der Waals surface area contributed by atoms with Crippen molar-refractivity contribution in [2.45, 2.75) is 31.4 Å². The summed E-state index contributed by atoms with van der Waals surface area (Å²) in [6, 6.07) is 5.99. The van der Waals surface area contributed by atoms with Crippen LogP contribution in [0.2, 0.25) is 0 Å². The monoisotopic (exact) mass is 346 g/mol. The Morgan fingerprint density at radius 2 is 1.92 bits per heavy atom. The van der Waals surface area contributed by atoms with Crippen molar-refractivity contribution in [3.63, 3.8) is 0 Å². The molecule has 1 fully saturated rings. The van der Waals surface area contributed by atoms with Crippen LogP contribution < -0.4 is 10.1 Å². The minimum atomic E-state index is -4.51. The molecule has 0 bridgehead atoms. The van der Waals surface area contributed by atoms with Gasteiger partial charge < -0.3 is 10.1 Å². The molecule has 0 aromatic heterocycles. The third-order valence-electron chi connectivity index (χ3n) is 4.01. The zero-order chi connectivity index (χ0) is 17.6. The van der Waals surface area contributed by atoms with E-state index in [0.29, 0.717) is 18.4 Å². The van der Waals surface area contributed by atoms with Gasteiger partial charge in [0.15, 0.2) is 0 Å². The highest BCUT2D eigenvalue weighted by atomic mass is 19.3. The Balaban J connectivity index is 2.29. The Hall–Kier alpha value is -1.60. The normalized spacial score (nSPS) is 17.7. The molecule has 1 aromatic rings. The number of hydrogen-bond acceptors (Lipinski definition) is 3. The summed E-state index contributed by atoms with van der Waals surface area (Å²) in [5.74, 6) is -0.199. The van der Waals surface area contributed by atoms with E-state index in [1.165, 1.54) is 12.1 Å². The van der Waals surface area contributed by atoms with Crippen LogP contribution >= 0.6 is 0 Å². The summed E-state index contributed by atoms with van der Waals surface area (Å²) in [4.78, 5) is 2.16. The first-order valence-corrected chi connectivity index (χ1v) is 7.95. The predicted octanol–water partition coefficient (Wildman–Crippen LogP) is 3.84. The van der Waals surface area contributed by atoms with Crippen LogP contribution in [0.15, 0.2) is 36.9 Å². The number of halogens is 4. The van der Waals surface area contributed by atoms with Crippen molar-refractivity contribution in [3.05, 3.63) is 42.5 Å². The van der Waals surface area contributed by atoms with Gasteiger partial charge >= 0.3 is 12.5 Å². The van der Waals surface area contributed by atoms with Gasteiger partial charge in [0, 0.05) is 37.8 Å². The molecule has 1 heterocycles. The second kappa shape index (κ2) is 8.48. The molecule has 0 amide bonds. The summed E-state index contributed by atoms with van der Waals surface area (Å²) in [6.45, 7) is 6.78. The van der Waals surface area contributed by atoms with E-state index >= 15 is 0 Å². The smallest absolute Gasteiger partial charge is 0.428 e. The average molecular weight is 346 g/mol. The minimum Gasteiger partial charge on any atom is -0.428 e. The number of alkyl halides is 4. The lowest BCUT2D eigenvalue weighted by atomic mass is 9.98. The van der Waals surface area contributed by atoms with Crippen molar-refractivity contribution in [2.24, 2.45) is 0 Å². The molecule has 0 radical (unpaired) electrons. The molecule has 1 N–H and O–H groups in total. The molecule has 2 rings (SSSR count). The van der Waals surface area contributed by atoms with Crippen LogP contribution in [-0.2, 0) is 0 Å². The van der Waals surface area contributed by atoms with Crippen LogP contribution in [-0.4, -0.2) is 43.6 Å². The van der Waals surface area contributed by atoms with Crippen molar-refractivity contribution >= 4 is 0 Å². The quantitative estimate of drug-likeness (QED) is 0.572. The van der Waals surface area contributed by atoms with Gasteiger partial charge in [-0.2, -0.15) is 17.6 Å². The first kappa shape index (κ1) is 18.7. The van der Waals surface area contributed by atoms with E-state index in [1.54, 1.807) is 18.2 Å². The zero-order valence-corrected chi connectivity index (χ0v) is 13.4. The van der Waals surface area contributed by atoms with Crippen molar-refractivity contribution in [1.29, 1.82) is 0 Å². The van der Waals surface area contributed by atoms with E-state index < -0.39 is 12.5 Å². The molecular weight excluding hydrogens is 324 g/mol. The van der Waals surface area contributed by atoms with Crippen LogP contribution in [0.4, 0.5) is 17.6 Å². The maximum Gasteiger partial charge on any atom is 0.461 e. The van der Waals surface area contributed by atoms with E-state index in [0.717, 1.165) is 26.2 Å². The van der Waals surface area contributed by atoms with E-state index in [-0.39, 0.29) is 11.8 Å². The van der Waals surface area contributed by atoms with Gasteiger partial charge in [-0.1, -0.05) is 24.3 Å². The molecular formula is C17H22F4N2O. The largest absolute Gasteiger partial charge is 0.461 e. The second-order valence-corrected chi connectivity index (χ2v) is 5.67. The SMILES string of the molecule is C=CCC[C@@H](c1ccccc1OC(F)(F)C(F)F)N1CCNCC1. The molecule has 3 nitrogen and oxygen atoms in total. The Morgan fingerprint density at radius 1 is 1.25 bits per heavy atom. The highest BCUT2D eigenvalue weighted by molar-refractivity contribution is 5.36. The fourth-order valence-corrected chi connectivity index (χ4v) is 2.84. The Labute approximate surface area is 139 Å². The van der Waals surface area contributed by atoms with Gasteiger partial charge in [0.25, 0.3) is 0 Å². The predicted molar refractivity (Wildman–Crippen MR) is 84.6 cm³/mol. The molecule has 1 aliphatic heterocycles. The van der Waals surface area contributed by atoms with Crippen LogP contribution in [0.1, 0.15) is 24.4 Å². The zero-order valence-electron chi connectivity index (χ0n) is 13.4. The van der Waals surface area contributed by atoms with Gasteiger partial charge in [-0.05, 0) is 18.9 Å². The molecule has 1 saturated heterocycles. The number of para-hydroxylation sites is 1. The summed E-state index contributed by atoms with van der Waals surface area (Å²) in [6.07, 6.45) is -5.29. The lowest BCUT2D eigenvalue weighted by molar-refractivity contribution is -0.253. The molecule has 0 aliphatic carbocycles. The number of nitrogens with zero attached hydrogens (tertiary/aromatic N) is 1. The third-order valence-corrected chi connectivity index (χ3v) is 4.01. The minimum absolute atomic E-state index is 0.185. The van der Waals surface area contributed by atoms with Gasteiger partial charge in [0.2, 0.25) is 0 Å². The summed E-state index contributed by atoms with van der Waals surface area (Å²) < 4.78 is 56.1. The summed E-state index contributed by atoms with van der Waals surface area (Å²) in [7, 11) is 0. The third kappa shape index (κ3) is 4.70. The number of piperazine rings is 1. The molecule has 1 aliphatic rings. The van der Waals surface area contributed by atoms with Crippen molar-refractivity contribution in [3.8, 4) is 5.75 Å². The van der Waals surface area contributed by atoms with Crippen LogP contribution in [0, 0.1) is 0 Å². The first-order chi connectivity index (χ1) is 11.5. The van der Waals surface area contributed by atoms with Crippen LogP contribution in [0.5, 0.6) is 5.75 Å². The number of benzene rings is 1. The van der Waals surface area contributed by atoms with Crippen molar-refractivity contribution in [1.82, 2.24) is 10.2 Å². The maximum absolute atomic E-state index is 13.4. The van der Waals surface area contributed by atoms with Crippen LogP contribution in [0.3, 0.4) is 0 Å². The van der Waals surface area contributed by atoms with Gasteiger partial charge in [0.1, 0.15) is 5.75 Å². The maximum atomic E-state index is 13.4. The lowest BCUT2D eigenvalue weighted by Crippen LogP contribution is -2.45. The Morgan fingerprint density at radius 3 is 2.54 bits per heavy atom. The molecule has 134 valence electrons. The highest BCUT2D eigenvalue weighted by Crippen LogP contribution is 2.36. The number of nitrogens with one attached hydrogen (secondary N) is 1. The number of allylic oxidation sites excluding steroid dienone is 1. The highest BCUT2D eigenvalue weighted by Gasteiger charge is 2.44. The molecule has 1 aromatic carbocycles. The summed E-state index contributed by atoms with van der Waals surface area (Å²) in [5.41, 5.74) is 0.501. The van der Waals surface area contributed by atoms with Crippen molar-refractivity contribution < 1.29 is 22.3 Å². The van der Waals surface area contributed by atoms with Crippen molar-refractivity contribution in [2.75, 3.05) is 26.2 Å². The van der Waals surface area contributed by atoms with Gasteiger partial charge in [-0.15, -0.1) is 6.58 Å². The van der Waals surface area contributed by atoms with Gasteiger partial charge in [-0.25, -0.2) is 0 Å². The van der Waals surface area contributed by atoms with E-state index in [1.807, 2.05) is 0 Å². The fraction of sp³-hybridized carbons (Fsp3) is 0.529. The number of rotatable bonds is 8. The lowest BCUT2D eigenvalue weighted by Gasteiger charge is -2.36. The summed E-state index contributed by atoms with van der Waals surface area (Å²) >= 11 is 0. The Bertz CT molecular complexity index is 533. The van der Waals surface area contributed by atoms with Gasteiger partial charge in [0.05, 0.1) is 0 Å². The molecule has 7 heteroatoms. The van der Waals surface area contributed by atoms with E-state index in [4.69, 9.17) is 0 Å². The fourth-order valence-electron chi connectivity index (χ4n) is 2.84. The molecule has 0 unspecified atom stereocenters. The van der Waals surface area contributed by atoms with Crippen LogP contribution in [0.25, 0.3) is 0 Å².